The lowest BCUT2D eigenvalue weighted by Crippen LogP contribution is -2.44. The predicted molar refractivity (Wildman–Crippen MR) is 119 cm³/mol. The van der Waals surface area contributed by atoms with Crippen molar-refractivity contribution >= 4 is 33.2 Å². The molecule has 1 saturated heterocycles. The molecule has 2 fully saturated rings. The summed E-state index contributed by atoms with van der Waals surface area (Å²) in [6.07, 6.45) is 9.76. The van der Waals surface area contributed by atoms with E-state index in [2.05, 4.69) is 23.1 Å². The standard InChI is InChI=1S/C24H32N2O2S/c1-25(2)24(28)22-20(19-13-7-8-14-21(19)29-22)16-18-12-4-3-9-15-26(18)23(27)17-10-5-6-11-17/h7-8,13-14,17-18H,3-6,9-12,15-16H2,1-2H3. The summed E-state index contributed by atoms with van der Waals surface area (Å²) >= 11 is 1.59. The Balaban J connectivity index is 1.68. The second kappa shape index (κ2) is 8.86. The van der Waals surface area contributed by atoms with Crippen LogP contribution in [0.2, 0.25) is 0 Å². The molecule has 2 amide bonds. The number of fused-ring (bicyclic) bond motifs is 1. The van der Waals surface area contributed by atoms with Crippen molar-refractivity contribution in [1.29, 1.82) is 0 Å². The van der Waals surface area contributed by atoms with Crippen LogP contribution in [0.3, 0.4) is 0 Å². The second-order valence-corrected chi connectivity index (χ2v) is 9.88. The van der Waals surface area contributed by atoms with Crippen LogP contribution in [0.15, 0.2) is 24.3 Å². The zero-order valence-corrected chi connectivity index (χ0v) is 18.5. The zero-order valence-electron chi connectivity index (χ0n) is 17.7. The van der Waals surface area contributed by atoms with Crippen molar-refractivity contribution in [2.75, 3.05) is 20.6 Å². The Hall–Kier alpha value is -1.88. The monoisotopic (exact) mass is 412 g/mol. The molecule has 1 atom stereocenters. The molecule has 4 nitrogen and oxygen atoms in total. The van der Waals surface area contributed by atoms with Gasteiger partial charge in [0.05, 0.1) is 4.88 Å². The number of thiophene rings is 1. The number of hydrogen-bond acceptors (Lipinski definition) is 3. The quantitative estimate of drug-likeness (QED) is 0.700. The minimum atomic E-state index is 0.0727. The molecule has 2 aromatic rings. The van der Waals surface area contributed by atoms with E-state index in [1.807, 2.05) is 20.2 Å². The van der Waals surface area contributed by atoms with Crippen molar-refractivity contribution in [3.63, 3.8) is 0 Å². The third-order valence-corrected chi connectivity index (χ3v) is 7.80. The van der Waals surface area contributed by atoms with Gasteiger partial charge >= 0.3 is 0 Å². The molecule has 1 aromatic heterocycles. The van der Waals surface area contributed by atoms with Crippen molar-refractivity contribution < 1.29 is 9.59 Å². The largest absolute Gasteiger partial charge is 0.344 e. The number of amides is 2. The van der Waals surface area contributed by atoms with Crippen LogP contribution in [0.5, 0.6) is 0 Å². The molecule has 1 aliphatic heterocycles. The van der Waals surface area contributed by atoms with Crippen molar-refractivity contribution in [2.24, 2.45) is 5.92 Å². The van der Waals surface area contributed by atoms with Crippen LogP contribution >= 0.6 is 11.3 Å². The maximum atomic E-state index is 13.3. The van der Waals surface area contributed by atoms with E-state index in [-0.39, 0.29) is 17.9 Å². The van der Waals surface area contributed by atoms with Gasteiger partial charge in [-0.15, -0.1) is 11.3 Å². The number of likely N-dealkylation sites (tertiary alicyclic amines) is 1. The van der Waals surface area contributed by atoms with Crippen LogP contribution in [0, 0.1) is 5.92 Å². The fourth-order valence-corrected chi connectivity index (χ4v) is 6.25. The van der Waals surface area contributed by atoms with Crippen LogP contribution in [-0.2, 0) is 11.2 Å². The highest BCUT2D eigenvalue weighted by Gasteiger charge is 2.33. The first kappa shape index (κ1) is 20.4. The van der Waals surface area contributed by atoms with Crippen LogP contribution in [-0.4, -0.2) is 48.3 Å². The molecule has 2 heterocycles. The lowest BCUT2D eigenvalue weighted by molar-refractivity contribution is -0.137. The summed E-state index contributed by atoms with van der Waals surface area (Å²) < 4.78 is 1.16. The molecule has 5 heteroatoms. The fourth-order valence-electron chi connectivity index (χ4n) is 5.00. The van der Waals surface area contributed by atoms with E-state index in [1.165, 1.54) is 24.6 Å². The molecule has 4 rings (SSSR count). The summed E-state index contributed by atoms with van der Waals surface area (Å²) in [5.41, 5.74) is 1.14. The highest BCUT2D eigenvalue weighted by molar-refractivity contribution is 7.21. The van der Waals surface area contributed by atoms with E-state index in [4.69, 9.17) is 0 Å². The number of carbonyl (C=O) groups is 2. The minimum Gasteiger partial charge on any atom is -0.344 e. The zero-order chi connectivity index (χ0) is 20.4. The maximum absolute atomic E-state index is 13.3. The number of carbonyl (C=O) groups excluding carboxylic acids is 2. The smallest absolute Gasteiger partial charge is 0.263 e. The van der Waals surface area contributed by atoms with E-state index < -0.39 is 0 Å². The number of rotatable bonds is 4. The summed E-state index contributed by atoms with van der Waals surface area (Å²) in [6, 6.07) is 8.53. The van der Waals surface area contributed by atoms with Gasteiger partial charge in [-0.05, 0) is 49.1 Å². The summed E-state index contributed by atoms with van der Waals surface area (Å²) in [7, 11) is 3.64. The molecule has 29 heavy (non-hydrogen) atoms. The van der Waals surface area contributed by atoms with Gasteiger partial charge in [0.1, 0.15) is 0 Å². The Kier molecular flexibility index (Phi) is 6.23. The van der Waals surface area contributed by atoms with Gasteiger partial charge in [0, 0.05) is 37.3 Å². The molecule has 1 aromatic carbocycles. The summed E-state index contributed by atoms with van der Waals surface area (Å²) in [5.74, 6) is 0.663. The third kappa shape index (κ3) is 4.20. The molecule has 0 spiro atoms. The normalized spacial score (nSPS) is 20.8. The van der Waals surface area contributed by atoms with Gasteiger partial charge in [0.25, 0.3) is 5.91 Å². The van der Waals surface area contributed by atoms with E-state index in [9.17, 15) is 9.59 Å². The van der Waals surface area contributed by atoms with Gasteiger partial charge in [-0.3, -0.25) is 9.59 Å². The Morgan fingerprint density at radius 3 is 2.52 bits per heavy atom. The average Bonchev–Trinajstić information content (AvgIpc) is 3.31. The second-order valence-electron chi connectivity index (χ2n) is 8.83. The first-order chi connectivity index (χ1) is 14.1. The fraction of sp³-hybridized carbons (Fsp3) is 0.583. The topological polar surface area (TPSA) is 40.6 Å². The minimum absolute atomic E-state index is 0.0727. The molecule has 1 unspecified atom stereocenters. The maximum Gasteiger partial charge on any atom is 0.263 e. The average molecular weight is 413 g/mol. The SMILES string of the molecule is CN(C)C(=O)c1sc2ccccc2c1CC1CCCCCN1C(=O)C1CCCC1. The molecule has 0 radical (unpaired) electrons. The number of benzene rings is 1. The third-order valence-electron chi connectivity index (χ3n) is 6.60. The first-order valence-electron chi connectivity index (χ1n) is 11.1. The van der Waals surface area contributed by atoms with Gasteiger partial charge in [-0.25, -0.2) is 0 Å². The predicted octanol–water partition coefficient (Wildman–Crippen LogP) is 5.11. The van der Waals surface area contributed by atoms with Gasteiger partial charge in [0.2, 0.25) is 5.91 Å². The molecular formula is C24H32N2O2S. The lowest BCUT2D eigenvalue weighted by atomic mass is 9.96. The van der Waals surface area contributed by atoms with Gasteiger partial charge in [-0.2, -0.15) is 0 Å². The van der Waals surface area contributed by atoms with Crippen LogP contribution < -0.4 is 0 Å². The van der Waals surface area contributed by atoms with Gasteiger partial charge in [0.15, 0.2) is 0 Å². The van der Waals surface area contributed by atoms with E-state index in [0.29, 0.717) is 5.91 Å². The summed E-state index contributed by atoms with van der Waals surface area (Å²) in [5, 5.41) is 1.18. The molecule has 1 saturated carbocycles. The van der Waals surface area contributed by atoms with Crippen molar-refractivity contribution in [3.8, 4) is 0 Å². The molecular weight excluding hydrogens is 380 g/mol. The molecule has 2 aliphatic rings. The van der Waals surface area contributed by atoms with Gasteiger partial charge < -0.3 is 9.80 Å². The molecule has 0 bridgehead atoms. The number of hydrogen-bond donors (Lipinski definition) is 0. The molecule has 156 valence electrons. The first-order valence-corrected chi connectivity index (χ1v) is 11.9. The van der Waals surface area contributed by atoms with Crippen LogP contribution in [0.4, 0.5) is 0 Å². The Morgan fingerprint density at radius 1 is 1.03 bits per heavy atom. The lowest BCUT2D eigenvalue weighted by Gasteiger charge is -2.32. The molecule has 1 aliphatic carbocycles. The Morgan fingerprint density at radius 2 is 1.76 bits per heavy atom. The highest BCUT2D eigenvalue weighted by Crippen LogP contribution is 2.36. The van der Waals surface area contributed by atoms with Gasteiger partial charge in [-0.1, -0.05) is 43.9 Å². The molecule has 0 N–H and O–H groups in total. The van der Waals surface area contributed by atoms with Crippen LogP contribution in [0.25, 0.3) is 10.1 Å². The summed E-state index contributed by atoms with van der Waals surface area (Å²) in [4.78, 5) is 31.0. The summed E-state index contributed by atoms with van der Waals surface area (Å²) in [6.45, 7) is 0.874. The van der Waals surface area contributed by atoms with Crippen LogP contribution in [0.1, 0.15) is 66.6 Å². The van der Waals surface area contributed by atoms with E-state index >= 15 is 0 Å². The van der Waals surface area contributed by atoms with Crippen molar-refractivity contribution in [1.82, 2.24) is 9.80 Å². The Labute approximate surface area is 177 Å². The highest BCUT2D eigenvalue weighted by atomic mass is 32.1. The number of nitrogens with zero attached hydrogens (tertiary/aromatic N) is 2. The van der Waals surface area contributed by atoms with Crippen molar-refractivity contribution in [3.05, 3.63) is 34.7 Å². The Bertz CT molecular complexity index is 882. The van der Waals surface area contributed by atoms with Crippen molar-refractivity contribution in [2.45, 2.75) is 63.8 Å². The van der Waals surface area contributed by atoms with E-state index in [0.717, 1.165) is 60.2 Å². The van der Waals surface area contributed by atoms with E-state index in [1.54, 1.807) is 16.2 Å².